The average molecular weight is 328 g/mol. The van der Waals surface area contributed by atoms with E-state index in [1.54, 1.807) is 0 Å². The maximum Gasteiger partial charge on any atom is 0.259 e. The number of carbonyl (C=O) groups excluding carboxylic acids is 1. The Labute approximate surface area is 141 Å². The molecule has 2 aliphatic rings. The minimum atomic E-state index is 0.0417. The van der Waals surface area contributed by atoms with Gasteiger partial charge in [0.05, 0.1) is 16.6 Å². The van der Waals surface area contributed by atoms with E-state index in [0.29, 0.717) is 23.7 Å². The fourth-order valence-electron chi connectivity index (χ4n) is 3.56. The third kappa shape index (κ3) is 2.79. The maximum absolute atomic E-state index is 13.2. The molecule has 24 heavy (non-hydrogen) atoms. The monoisotopic (exact) mass is 328 g/mol. The fraction of sp³-hybridized carbons (Fsp3) is 0.611. The molecule has 3 heterocycles. The number of fused-ring (bicyclic) bond motifs is 1. The van der Waals surface area contributed by atoms with Gasteiger partial charge in [-0.05, 0) is 38.2 Å². The van der Waals surface area contributed by atoms with Gasteiger partial charge in [0, 0.05) is 30.7 Å². The molecule has 1 saturated carbocycles. The van der Waals surface area contributed by atoms with Crippen molar-refractivity contribution in [1.82, 2.24) is 15.0 Å². The van der Waals surface area contributed by atoms with Crippen LogP contribution in [0.3, 0.4) is 0 Å². The van der Waals surface area contributed by atoms with Crippen molar-refractivity contribution in [2.24, 2.45) is 5.73 Å². The molecule has 1 aliphatic heterocycles. The number of aromatic nitrogens is 2. The molecule has 2 N–H and O–H groups in total. The molecule has 1 atom stereocenters. The van der Waals surface area contributed by atoms with Crippen molar-refractivity contribution < 1.29 is 9.32 Å². The van der Waals surface area contributed by atoms with Crippen molar-refractivity contribution in [3.63, 3.8) is 0 Å². The van der Waals surface area contributed by atoms with Crippen LogP contribution in [0.2, 0.25) is 0 Å². The third-order valence-corrected chi connectivity index (χ3v) is 4.99. The predicted octanol–water partition coefficient (Wildman–Crippen LogP) is 2.62. The molecule has 4 rings (SSSR count). The number of nitrogens with zero attached hydrogens (tertiary/aromatic N) is 3. The lowest BCUT2D eigenvalue weighted by molar-refractivity contribution is 0.0710. The fourth-order valence-corrected chi connectivity index (χ4v) is 3.56. The van der Waals surface area contributed by atoms with Gasteiger partial charge in [-0.2, -0.15) is 0 Å². The van der Waals surface area contributed by atoms with Crippen LogP contribution in [0.1, 0.15) is 66.7 Å². The summed E-state index contributed by atoms with van der Waals surface area (Å²) in [4.78, 5) is 19.7. The largest absolute Gasteiger partial charge is 0.337 e. The first kappa shape index (κ1) is 15.6. The molecule has 2 aromatic rings. The molecular formula is C18H24N4O2. The van der Waals surface area contributed by atoms with Crippen LogP contribution in [-0.2, 0) is 6.42 Å². The Morgan fingerprint density at radius 3 is 2.96 bits per heavy atom. The van der Waals surface area contributed by atoms with Crippen LogP contribution in [0.25, 0.3) is 11.1 Å². The lowest BCUT2D eigenvalue weighted by atomic mass is 10.0. The SMILES string of the molecule is CCCc1noc2nc(C3CC3)cc(C(=O)N3CCCC(N)C3)c12. The smallest absolute Gasteiger partial charge is 0.259 e. The number of hydrogen-bond donors (Lipinski definition) is 1. The van der Waals surface area contributed by atoms with Gasteiger partial charge in [0.2, 0.25) is 0 Å². The van der Waals surface area contributed by atoms with Crippen LogP contribution in [0.5, 0.6) is 0 Å². The highest BCUT2D eigenvalue weighted by Crippen LogP contribution is 2.40. The van der Waals surface area contributed by atoms with Crippen molar-refractivity contribution in [1.29, 1.82) is 0 Å². The Kier molecular flexibility index (Phi) is 4.00. The summed E-state index contributed by atoms with van der Waals surface area (Å²) in [6.45, 7) is 3.48. The van der Waals surface area contributed by atoms with Crippen molar-refractivity contribution >= 4 is 17.0 Å². The van der Waals surface area contributed by atoms with E-state index in [1.807, 2.05) is 11.0 Å². The van der Waals surface area contributed by atoms with E-state index in [4.69, 9.17) is 10.3 Å². The van der Waals surface area contributed by atoms with Gasteiger partial charge in [-0.15, -0.1) is 0 Å². The Bertz CT molecular complexity index is 766. The maximum atomic E-state index is 13.2. The normalized spacial score (nSPS) is 21.4. The number of rotatable bonds is 4. The standard InChI is InChI=1S/C18H24N4O2/c1-2-4-14-16-13(18(23)22-8-3-5-12(19)10-22)9-15(11-6-7-11)20-17(16)24-21-14/h9,11-12H,2-8,10,19H2,1H3. The summed E-state index contributed by atoms with van der Waals surface area (Å²) in [6.07, 6.45) is 5.96. The van der Waals surface area contributed by atoms with Gasteiger partial charge >= 0.3 is 0 Å². The Balaban J connectivity index is 1.78. The van der Waals surface area contributed by atoms with E-state index in [-0.39, 0.29) is 11.9 Å². The van der Waals surface area contributed by atoms with Gasteiger partial charge in [-0.3, -0.25) is 4.79 Å². The Hall–Kier alpha value is -1.95. The molecule has 128 valence electrons. The first-order valence-corrected chi connectivity index (χ1v) is 9.01. The minimum absolute atomic E-state index is 0.0417. The van der Waals surface area contributed by atoms with Crippen LogP contribution in [-0.4, -0.2) is 40.1 Å². The van der Waals surface area contributed by atoms with Crippen LogP contribution < -0.4 is 5.73 Å². The molecule has 2 aromatic heterocycles. The number of likely N-dealkylation sites (tertiary alicyclic amines) is 1. The number of nitrogens with two attached hydrogens (primary N) is 1. The highest BCUT2D eigenvalue weighted by molar-refractivity contribution is 6.06. The molecule has 1 aliphatic carbocycles. The molecule has 0 bridgehead atoms. The second-order valence-electron chi connectivity index (χ2n) is 7.08. The van der Waals surface area contributed by atoms with Gasteiger partial charge in [-0.1, -0.05) is 18.5 Å². The average Bonchev–Trinajstić information content (AvgIpc) is 3.36. The lowest BCUT2D eigenvalue weighted by Gasteiger charge is -2.31. The number of amides is 1. The van der Waals surface area contributed by atoms with Crippen molar-refractivity contribution in [2.75, 3.05) is 13.1 Å². The molecule has 6 heteroatoms. The molecule has 1 saturated heterocycles. The predicted molar refractivity (Wildman–Crippen MR) is 90.9 cm³/mol. The van der Waals surface area contributed by atoms with Crippen molar-refractivity contribution in [3.05, 3.63) is 23.0 Å². The zero-order valence-corrected chi connectivity index (χ0v) is 14.1. The first-order chi connectivity index (χ1) is 11.7. The molecule has 0 spiro atoms. The Morgan fingerprint density at radius 2 is 2.25 bits per heavy atom. The molecule has 1 amide bonds. The van der Waals surface area contributed by atoms with E-state index in [0.717, 1.165) is 61.8 Å². The van der Waals surface area contributed by atoms with Crippen LogP contribution in [0, 0.1) is 0 Å². The van der Waals surface area contributed by atoms with Gasteiger partial charge in [-0.25, -0.2) is 4.98 Å². The topological polar surface area (TPSA) is 85.2 Å². The number of aryl methyl sites for hydroxylation is 1. The molecular weight excluding hydrogens is 304 g/mol. The molecule has 1 unspecified atom stereocenters. The lowest BCUT2D eigenvalue weighted by Crippen LogP contribution is -2.45. The van der Waals surface area contributed by atoms with E-state index in [9.17, 15) is 4.79 Å². The number of piperidine rings is 1. The van der Waals surface area contributed by atoms with Crippen molar-refractivity contribution in [2.45, 2.75) is 57.4 Å². The van der Waals surface area contributed by atoms with E-state index in [2.05, 4.69) is 17.1 Å². The molecule has 2 fully saturated rings. The summed E-state index contributed by atoms with van der Waals surface area (Å²) in [6, 6.07) is 2.04. The summed E-state index contributed by atoms with van der Waals surface area (Å²) < 4.78 is 5.46. The summed E-state index contributed by atoms with van der Waals surface area (Å²) in [5.41, 5.74) is 9.07. The van der Waals surface area contributed by atoms with Crippen LogP contribution in [0.4, 0.5) is 0 Å². The van der Waals surface area contributed by atoms with Gasteiger partial charge in [0.15, 0.2) is 0 Å². The van der Waals surface area contributed by atoms with Crippen molar-refractivity contribution in [3.8, 4) is 0 Å². The first-order valence-electron chi connectivity index (χ1n) is 9.01. The van der Waals surface area contributed by atoms with Gasteiger partial charge < -0.3 is 15.2 Å². The number of carbonyl (C=O) groups is 1. The highest BCUT2D eigenvalue weighted by Gasteiger charge is 2.31. The zero-order valence-electron chi connectivity index (χ0n) is 14.1. The highest BCUT2D eigenvalue weighted by atomic mass is 16.5. The summed E-state index contributed by atoms with van der Waals surface area (Å²) >= 11 is 0. The quantitative estimate of drug-likeness (QED) is 0.932. The summed E-state index contributed by atoms with van der Waals surface area (Å²) in [5, 5.41) is 4.97. The summed E-state index contributed by atoms with van der Waals surface area (Å²) in [7, 11) is 0. The second kappa shape index (κ2) is 6.16. The third-order valence-electron chi connectivity index (χ3n) is 4.99. The molecule has 0 aromatic carbocycles. The molecule has 0 radical (unpaired) electrons. The zero-order chi connectivity index (χ0) is 16.7. The van der Waals surface area contributed by atoms with Gasteiger partial charge in [0.25, 0.3) is 11.6 Å². The number of pyridine rings is 1. The summed E-state index contributed by atoms with van der Waals surface area (Å²) in [5.74, 6) is 0.504. The second-order valence-corrected chi connectivity index (χ2v) is 7.08. The van der Waals surface area contributed by atoms with Crippen LogP contribution in [0.15, 0.2) is 10.6 Å². The van der Waals surface area contributed by atoms with E-state index < -0.39 is 0 Å². The van der Waals surface area contributed by atoms with E-state index >= 15 is 0 Å². The molecule has 6 nitrogen and oxygen atoms in total. The minimum Gasteiger partial charge on any atom is -0.337 e. The van der Waals surface area contributed by atoms with E-state index in [1.165, 1.54) is 0 Å². The van der Waals surface area contributed by atoms with Gasteiger partial charge in [0.1, 0.15) is 0 Å². The number of hydrogen-bond acceptors (Lipinski definition) is 5. The Morgan fingerprint density at radius 1 is 1.42 bits per heavy atom. The van der Waals surface area contributed by atoms with Crippen LogP contribution >= 0.6 is 0 Å².